The minimum Gasteiger partial charge on any atom is -0.494 e. The molecule has 8 nitrogen and oxygen atoms in total. The Morgan fingerprint density at radius 3 is 2.27 bits per heavy atom. The third-order valence-electron chi connectivity index (χ3n) is 5.39. The number of para-hydroxylation sites is 1. The number of amides is 1. The molecule has 3 rings (SSSR count). The number of hydrogen-bond acceptors (Lipinski definition) is 6. The summed E-state index contributed by atoms with van der Waals surface area (Å²) in [5.41, 5.74) is 0.105. The highest BCUT2D eigenvalue weighted by molar-refractivity contribution is 7.92. The average molecular weight is 475 g/mol. The molecule has 1 aliphatic heterocycles. The Labute approximate surface area is 194 Å². The van der Waals surface area contributed by atoms with Crippen molar-refractivity contribution in [3.63, 3.8) is 0 Å². The van der Waals surface area contributed by atoms with Gasteiger partial charge in [0.25, 0.3) is 15.9 Å². The number of carbonyl (C=O) groups excluding carboxylic acids is 2. The number of carbonyl (C=O) groups is 2. The van der Waals surface area contributed by atoms with Gasteiger partial charge in [-0.1, -0.05) is 25.0 Å². The molecule has 1 heterocycles. The molecule has 1 atom stereocenters. The summed E-state index contributed by atoms with van der Waals surface area (Å²) in [6, 6.07) is 12.1. The molecule has 33 heavy (non-hydrogen) atoms. The first kappa shape index (κ1) is 24.6. The van der Waals surface area contributed by atoms with Crippen LogP contribution in [0.25, 0.3) is 0 Å². The summed E-state index contributed by atoms with van der Waals surface area (Å²) in [7, 11) is -3.96. The molecule has 0 spiro atoms. The molecule has 2 aromatic carbocycles. The molecule has 1 N–H and O–H groups in total. The summed E-state index contributed by atoms with van der Waals surface area (Å²) in [5.74, 6) is -0.447. The molecule has 1 aliphatic rings. The van der Waals surface area contributed by atoms with E-state index in [0.29, 0.717) is 25.4 Å². The van der Waals surface area contributed by atoms with Crippen LogP contribution in [0.2, 0.25) is 0 Å². The number of hydrogen-bond donors (Lipinski definition) is 1. The molecule has 0 saturated carbocycles. The first-order chi connectivity index (χ1) is 15.8. The molecule has 2 aromatic rings. The summed E-state index contributed by atoms with van der Waals surface area (Å²) >= 11 is 0. The molecule has 178 valence electrons. The van der Waals surface area contributed by atoms with E-state index in [2.05, 4.69) is 4.72 Å². The van der Waals surface area contributed by atoms with Crippen molar-refractivity contribution < 1.29 is 27.5 Å². The molecule has 1 amide bonds. The topological polar surface area (TPSA) is 102 Å². The normalized spacial score (nSPS) is 15.3. The Balaban J connectivity index is 1.72. The van der Waals surface area contributed by atoms with E-state index < -0.39 is 22.1 Å². The molecule has 0 bridgehead atoms. The lowest BCUT2D eigenvalue weighted by atomic mass is 10.2. The molecule has 1 saturated heterocycles. The predicted molar refractivity (Wildman–Crippen MR) is 125 cm³/mol. The number of nitrogens with zero attached hydrogens (tertiary/aromatic N) is 1. The molecule has 0 aliphatic carbocycles. The Morgan fingerprint density at radius 1 is 1.00 bits per heavy atom. The van der Waals surface area contributed by atoms with Crippen LogP contribution in [0, 0.1) is 0 Å². The first-order valence-corrected chi connectivity index (χ1v) is 12.6. The smallest absolute Gasteiger partial charge is 0.341 e. The van der Waals surface area contributed by atoms with Crippen LogP contribution in [0.15, 0.2) is 53.4 Å². The van der Waals surface area contributed by atoms with Crippen molar-refractivity contribution in [3.8, 4) is 5.75 Å². The highest BCUT2D eigenvalue weighted by Gasteiger charge is 2.26. The fraction of sp³-hybridized carbons (Fsp3) is 0.417. The summed E-state index contributed by atoms with van der Waals surface area (Å²) < 4.78 is 38.9. The van der Waals surface area contributed by atoms with Crippen LogP contribution in [0.5, 0.6) is 5.75 Å². The van der Waals surface area contributed by atoms with Crippen LogP contribution in [0.1, 0.15) is 49.9 Å². The Kier molecular flexibility index (Phi) is 8.32. The highest BCUT2D eigenvalue weighted by Crippen LogP contribution is 2.23. The van der Waals surface area contributed by atoms with Gasteiger partial charge in [-0.3, -0.25) is 9.52 Å². The fourth-order valence-electron chi connectivity index (χ4n) is 3.66. The number of likely N-dealkylation sites (tertiary alicyclic amines) is 1. The van der Waals surface area contributed by atoms with Crippen molar-refractivity contribution in [1.82, 2.24) is 4.90 Å². The zero-order valence-corrected chi connectivity index (χ0v) is 19.8. The number of esters is 1. The van der Waals surface area contributed by atoms with E-state index in [0.717, 1.165) is 25.7 Å². The van der Waals surface area contributed by atoms with Crippen LogP contribution in [-0.4, -0.2) is 51.0 Å². The summed E-state index contributed by atoms with van der Waals surface area (Å²) in [6.07, 6.45) is 3.07. The molecule has 9 heteroatoms. The second-order valence-corrected chi connectivity index (χ2v) is 9.52. The maximum absolute atomic E-state index is 12.9. The number of benzene rings is 2. The lowest BCUT2D eigenvalue weighted by molar-refractivity contribution is -0.139. The van der Waals surface area contributed by atoms with Gasteiger partial charge in [-0.15, -0.1) is 0 Å². The van der Waals surface area contributed by atoms with Gasteiger partial charge in [0.05, 0.1) is 22.8 Å². The lowest BCUT2D eigenvalue weighted by Crippen LogP contribution is -2.40. The van der Waals surface area contributed by atoms with E-state index in [1.165, 1.54) is 31.2 Å². The minimum absolute atomic E-state index is 0.0267. The summed E-state index contributed by atoms with van der Waals surface area (Å²) in [5, 5.41) is 0. The van der Waals surface area contributed by atoms with Gasteiger partial charge < -0.3 is 14.4 Å². The van der Waals surface area contributed by atoms with Crippen molar-refractivity contribution in [2.45, 2.75) is 50.5 Å². The van der Waals surface area contributed by atoms with Crippen molar-refractivity contribution in [2.24, 2.45) is 0 Å². The summed E-state index contributed by atoms with van der Waals surface area (Å²) in [4.78, 5) is 27.3. The SMILES string of the molecule is CCOc1ccc(S(=O)(=O)Nc2ccccc2C(=O)OC(C)C(=O)N2CCCCCC2)cc1. The zero-order valence-electron chi connectivity index (χ0n) is 19.0. The first-order valence-electron chi connectivity index (χ1n) is 11.2. The van der Waals surface area contributed by atoms with Gasteiger partial charge in [-0.05, 0) is 63.1 Å². The lowest BCUT2D eigenvalue weighted by Gasteiger charge is -2.24. The highest BCUT2D eigenvalue weighted by atomic mass is 32.2. The second-order valence-electron chi connectivity index (χ2n) is 7.84. The van der Waals surface area contributed by atoms with E-state index in [4.69, 9.17) is 9.47 Å². The Bertz CT molecular complexity index is 1060. The van der Waals surface area contributed by atoms with Gasteiger partial charge in [-0.2, -0.15) is 0 Å². The van der Waals surface area contributed by atoms with Gasteiger partial charge >= 0.3 is 5.97 Å². The van der Waals surface area contributed by atoms with Gasteiger partial charge in [0, 0.05) is 13.1 Å². The second kappa shape index (κ2) is 11.2. The largest absolute Gasteiger partial charge is 0.494 e. The van der Waals surface area contributed by atoms with Crippen molar-refractivity contribution in [1.29, 1.82) is 0 Å². The van der Waals surface area contributed by atoms with E-state index in [9.17, 15) is 18.0 Å². The van der Waals surface area contributed by atoms with Gasteiger partial charge in [0.15, 0.2) is 6.10 Å². The molecular weight excluding hydrogens is 444 g/mol. The maximum atomic E-state index is 12.9. The molecule has 0 aromatic heterocycles. The van der Waals surface area contributed by atoms with Crippen LogP contribution in [0.3, 0.4) is 0 Å². The van der Waals surface area contributed by atoms with E-state index in [1.807, 2.05) is 6.92 Å². The number of nitrogens with one attached hydrogen (secondary N) is 1. The molecule has 1 fully saturated rings. The van der Waals surface area contributed by atoms with Crippen LogP contribution in [0.4, 0.5) is 5.69 Å². The number of sulfonamides is 1. The average Bonchev–Trinajstić information content (AvgIpc) is 3.09. The van der Waals surface area contributed by atoms with Crippen LogP contribution >= 0.6 is 0 Å². The predicted octanol–water partition coefficient (Wildman–Crippen LogP) is 3.83. The third kappa shape index (κ3) is 6.47. The van der Waals surface area contributed by atoms with Crippen LogP contribution in [-0.2, 0) is 19.6 Å². The summed E-state index contributed by atoms with van der Waals surface area (Å²) in [6.45, 7) is 5.15. The van der Waals surface area contributed by atoms with Crippen molar-refractivity contribution in [2.75, 3.05) is 24.4 Å². The quantitative estimate of drug-likeness (QED) is 0.584. The third-order valence-corrected chi connectivity index (χ3v) is 6.77. The fourth-order valence-corrected chi connectivity index (χ4v) is 4.74. The van der Waals surface area contributed by atoms with Gasteiger partial charge in [0.1, 0.15) is 5.75 Å². The maximum Gasteiger partial charge on any atom is 0.341 e. The van der Waals surface area contributed by atoms with E-state index >= 15 is 0 Å². The van der Waals surface area contributed by atoms with E-state index in [-0.39, 0.29) is 22.1 Å². The minimum atomic E-state index is -3.96. The number of anilines is 1. The number of rotatable bonds is 8. The van der Waals surface area contributed by atoms with Crippen LogP contribution < -0.4 is 9.46 Å². The van der Waals surface area contributed by atoms with Crippen molar-refractivity contribution >= 4 is 27.6 Å². The Morgan fingerprint density at radius 2 is 1.64 bits per heavy atom. The monoisotopic (exact) mass is 474 g/mol. The van der Waals surface area contributed by atoms with Gasteiger partial charge in [0.2, 0.25) is 0 Å². The van der Waals surface area contributed by atoms with Crippen molar-refractivity contribution in [3.05, 3.63) is 54.1 Å². The Hall–Kier alpha value is -3.07. The number of ether oxygens (including phenoxy) is 2. The van der Waals surface area contributed by atoms with E-state index in [1.54, 1.807) is 29.2 Å². The van der Waals surface area contributed by atoms with Gasteiger partial charge in [-0.25, -0.2) is 13.2 Å². The molecular formula is C24H30N2O6S. The molecule has 1 unspecified atom stereocenters. The standard InChI is InChI=1S/C24H30N2O6S/c1-3-31-19-12-14-20(15-13-19)33(29,30)25-22-11-7-6-10-21(22)24(28)32-18(2)23(27)26-16-8-4-5-9-17-26/h6-7,10-15,18,25H,3-5,8-9,16-17H2,1-2H3. The zero-order chi connectivity index (χ0) is 23.8. The molecule has 0 radical (unpaired) electrons.